The molecule has 1 amide bonds. The van der Waals surface area contributed by atoms with Gasteiger partial charge in [-0.1, -0.05) is 19.4 Å². The summed E-state index contributed by atoms with van der Waals surface area (Å²) >= 11 is 0. The van der Waals surface area contributed by atoms with Gasteiger partial charge in [0.2, 0.25) is 5.91 Å². The molecule has 1 aromatic rings. The van der Waals surface area contributed by atoms with E-state index in [1.54, 1.807) is 14.2 Å². The fourth-order valence-electron chi connectivity index (χ4n) is 5.88. The molecule has 3 aliphatic heterocycles. The van der Waals surface area contributed by atoms with Crippen LogP contribution in [0.5, 0.6) is 5.75 Å². The Morgan fingerprint density at radius 2 is 2.13 bits per heavy atom. The van der Waals surface area contributed by atoms with E-state index in [2.05, 4.69) is 17.1 Å². The minimum absolute atomic E-state index is 0.0206. The number of nitrogens with zero attached hydrogens (tertiary/aromatic N) is 1. The Morgan fingerprint density at radius 1 is 1.33 bits per heavy atom. The lowest BCUT2D eigenvalue weighted by molar-refractivity contribution is -0.137. The zero-order chi connectivity index (χ0) is 21.5. The van der Waals surface area contributed by atoms with Crippen LogP contribution in [-0.4, -0.2) is 57.2 Å². The summed E-state index contributed by atoms with van der Waals surface area (Å²) in [6, 6.07) is 5.74. The van der Waals surface area contributed by atoms with Gasteiger partial charge in [-0.25, -0.2) is 4.79 Å². The van der Waals surface area contributed by atoms with Gasteiger partial charge in [-0.05, 0) is 43.4 Å². The standard InChI is InChI=1S/C23H30N2O5/c1-5-14-12-25-10-9-23(19(25)11-15(14)16(13-28-2)21(26)30-4)20-17(24-22(23)27)7-6-8-18(20)29-3/h6-8,13-15,19H,5,9-12H2,1-4H3,(H,24,27)/b16-13+/t14-,15+,19+,23+/m1/s1. The smallest absolute Gasteiger partial charge is 0.337 e. The van der Waals surface area contributed by atoms with Gasteiger partial charge >= 0.3 is 5.97 Å². The molecular formula is C23H30N2O5. The summed E-state index contributed by atoms with van der Waals surface area (Å²) in [5.74, 6) is 0.652. The number of rotatable bonds is 5. The molecule has 2 saturated heterocycles. The van der Waals surface area contributed by atoms with Crippen molar-refractivity contribution in [2.45, 2.75) is 37.6 Å². The van der Waals surface area contributed by atoms with E-state index in [9.17, 15) is 9.59 Å². The molecule has 2 fully saturated rings. The second-order valence-electron chi connectivity index (χ2n) is 8.38. The molecule has 7 nitrogen and oxygen atoms in total. The Balaban J connectivity index is 1.78. The van der Waals surface area contributed by atoms with E-state index in [1.165, 1.54) is 13.4 Å². The van der Waals surface area contributed by atoms with E-state index in [-0.39, 0.29) is 23.8 Å². The van der Waals surface area contributed by atoms with Crippen molar-refractivity contribution >= 4 is 17.6 Å². The van der Waals surface area contributed by atoms with Crippen LogP contribution in [0.1, 0.15) is 31.7 Å². The Labute approximate surface area is 177 Å². The predicted octanol–water partition coefficient (Wildman–Crippen LogP) is 2.71. The molecular weight excluding hydrogens is 384 g/mol. The molecule has 0 bridgehead atoms. The van der Waals surface area contributed by atoms with Gasteiger partial charge in [0.15, 0.2) is 0 Å². The molecule has 30 heavy (non-hydrogen) atoms. The summed E-state index contributed by atoms with van der Waals surface area (Å²) in [4.78, 5) is 28.4. The largest absolute Gasteiger partial charge is 0.504 e. The Morgan fingerprint density at radius 3 is 2.80 bits per heavy atom. The van der Waals surface area contributed by atoms with Crippen molar-refractivity contribution < 1.29 is 23.8 Å². The number of carbonyl (C=O) groups is 2. The first-order chi connectivity index (χ1) is 14.5. The van der Waals surface area contributed by atoms with E-state index in [0.29, 0.717) is 17.9 Å². The van der Waals surface area contributed by atoms with Gasteiger partial charge in [0, 0.05) is 23.8 Å². The molecule has 4 rings (SSSR count). The quantitative estimate of drug-likeness (QED) is 0.454. The van der Waals surface area contributed by atoms with Gasteiger partial charge in [-0.2, -0.15) is 0 Å². The van der Waals surface area contributed by atoms with Crippen molar-refractivity contribution in [1.82, 2.24) is 4.90 Å². The first kappa shape index (κ1) is 20.7. The monoisotopic (exact) mass is 414 g/mol. The third-order valence-corrected chi connectivity index (χ3v) is 7.25. The van der Waals surface area contributed by atoms with Gasteiger partial charge in [-0.3, -0.25) is 9.69 Å². The number of amides is 1. The van der Waals surface area contributed by atoms with Gasteiger partial charge < -0.3 is 19.5 Å². The molecule has 1 N–H and O–H groups in total. The number of hydrogen-bond acceptors (Lipinski definition) is 6. The van der Waals surface area contributed by atoms with Crippen molar-refractivity contribution in [3.63, 3.8) is 0 Å². The highest BCUT2D eigenvalue weighted by molar-refractivity contribution is 6.08. The number of piperidine rings is 1. The zero-order valence-electron chi connectivity index (χ0n) is 18.1. The Bertz CT molecular complexity index is 882. The summed E-state index contributed by atoms with van der Waals surface area (Å²) in [5, 5.41) is 3.09. The normalized spacial score (nSPS) is 30.6. The lowest BCUT2D eigenvalue weighted by Gasteiger charge is -2.45. The fourth-order valence-corrected chi connectivity index (χ4v) is 5.88. The first-order valence-corrected chi connectivity index (χ1v) is 10.6. The summed E-state index contributed by atoms with van der Waals surface area (Å²) in [5.41, 5.74) is 1.66. The van der Waals surface area contributed by atoms with Crippen LogP contribution in [0.2, 0.25) is 0 Å². The number of anilines is 1. The molecule has 1 spiro atoms. The second-order valence-corrected chi connectivity index (χ2v) is 8.38. The van der Waals surface area contributed by atoms with Crippen LogP contribution in [0.3, 0.4) is 0 Å². The van der Waals surface area contributed by atoms with Gasteiger partial charge in [0.05, 0.1) is 38.6 Å². The van der Waals surface area contributed by atoms with Crippen LogP contribution in [0.15, 0.2) is 30.0 Å². The van der Waals surface area contributed by atoms with Crippen LogP contribution in [-0.2, 0) is 24.5 Å². The maximum atomic E-state index is 13.4. The molecule has 3 heterocycles. The number of methoxy groups -OCH3 is 3. The maximum absolute atomic E-state index is 13.4. The predicted molar refractivity (Wildman–Crippen MR) is 112 cm³/mol. The summed E-state index contributed by atoms with van der Waals surface area (Å²) < 4.78 is 16.0. The number of fused-ring (bicyclic) bond motifs is 4. The minimum Gasteiger partial charge on any atom is -0.504 e. The van der Waals surface area contributed by atoms with Crippen LogP contribution in [0.25, 0.3) is 0 Å². The third kappa shape index (κ3) is 2.90. The van der Waals surface area contributed by atoms with E-state index in [1.807, 2.05) is 18.2 Å². The van der Waals surface area contributed by atoms with Crippen LogP contribution in [0.4, 0.5) is 5.69 Å². The highest BCUT2D eigenvalue weighted by atomic mass is 16.5. The molecule has 7 heteroatoms. The van der Waals surface area contributed by atoms with Crippen LogP contribution < -0.4 is 10.1 Å². The first-order valence-electron chi connectivity index (χ1n) is 10.6. The molecule has 4 atom stereocenters. The van der Waals surface area contributed by atoms with Gasteiger partial charge in [0.1, 0.15) is 5.75 Å². The molecule has 0 saturated carbocycles. The summed E-state index contributed by atoms with van der Waals surface area (Å²) in [6.45, 7) is 3.83. The second kappa shape index (κ2) is 7.95. The zero-order valence-corrected chi connectivity index (χ0v) is 18.1. The number of nitrogens with one attached hydrogen (secondary N) is 1. The molecule has 162 valence electrons. The van der Waals surface area contributed by atoms with Crippen LogP contribution in [0, 0.1) is 11.8 Å². The minimum atomic E-state index is -0.673. The summed E-state index contributed by atoms with van der Waals surface area (Å²) in [7, 11) is 4.58. The molecule has 0 aliphatic carbocycles. The van der Waals surface area contributed by atoms with Crippen LogP contribution >= 0.6 is 0 Å². The van der Waals surface area contributed by atoms with Crippen molar-refractivity contribution in [3.05, 3.63) is 35.6 Å². The average molecular weight is 415 g/mol. The average Bonchev–Trinajstić information content (AvgIpc) is 3.28. The van der Waals surface area contributed by atoms with E-state index in [4.69, 9.17) is 14.2 Å². The highest BCUT2D eigenvalue weighted by Crippen LogP contribution is 2.55. The molecule has 0 aromatic heterocycles. The lowest BCUT2D eigenvalue weighted by Crippen LogP contribution is -2.53. The lowest BCUT2D eigenvalue weighted by atomic mass is 9.67. The molecule has 3 aliphatic rings. The van der Waals surface area contributed by atoms with Crippen molar-refractivity contribution in [1.29, 1.82) is 0 Å². The highest BCUT2D eigenvalue weighted by Gasteiger charge is 2.61. The Kier molecular flexibility index (Phi) is 5.49. The molecule has 1 aromatic carbocycles. The molecule has 0 unspecified atom stereocenters. The topological polar surface area (TPSA) is 77.1 Å². The summed E-state index contributed by atoms with van der Waals surface area (Å²) in [6.07, 6.45) is 3.88. The number of esters is 1. The van der Waals surface area contributed by atoms with Crippen molar-refractivity contribution in [2.75, 3.05) is 39.7 Å². The van der Waals surface area contributed by atoms with E-state index in [0.717, 1.165) is 42.9 Å². The molecule has 0 radical (unpaired) electrons. The van der Waals surface area contributed by atoms with Crippen molar-refractivity contribution in [3.8, 4) is 5.75 Å². The maximum Gasteiger partial charge on any atom is 0.337 e. The third-order valence-electron chi connectivity index (χ3n) is 7.25. The van der Waals surface area contributed by atoms with E-state index >= 15 is 0 Å². The number of carbonyl (C=O) groups excluding carboxylic acids is 2. The van der Waals surface area contributed by atoms with Gasteiger partial charge in [0.25, 0.3) is 0 Å². The van der Waals surface area contributed by atoms with E-state index < -0.39 is 5.41 Å². The number of benzene rings is 1. The number of ether oxygens (including phenoxy) is 3. The van der Waals surface area contributed by atoms with Crippen molar-refractivity contribution in [2.24, 2.45) is 11.8 Å². The Hall–Kier alpha value is -2.54. The number of hydrogen-bond donors (Lipinski definition) is 1. The fraction of sp³-hybridized carbons (Fsp3) is 0.565. The van der Waals surface area contributed by atoms with Gasteiger partial charge in [-0.15, -0.1) is 0 Å². The SMILES string of the molecule is CC[C@@H]1CN2CC[C@]3(C(=O)Nc4cccc(OC)c43)[C@@H]2C[C@@H]1/C(=C\OC)C(=O)OC.